The highest BCUT2D eigenvalue weighted by molar-refractivity contribution is 7.98. The van der Waals surface area contributed by atoms with Gasteiger partial charge in [0.1, 0.15) is 5.01 Å². The van der Waals surface area contributed by atoms with Gasteiger partial charge in [-0.25, -0.2) is 4.98 Å². The van der Waals surface area contributed by atoms with Gasteiger partial charge in [-0.1, -0.05) is 42.5 Å². The van der Waals surface area contributed by atoms with E-state index in [1.54, 1.807) is 11.3 Å². The molecule has 0 spiro atoms. The Kier molecular flexibility index (Phi) is 3.37. The summed E-state index contributed by atoms with van der Waals surface area (Å²) in [7, 11) is 0. The fraction of sp³-hybridized carbons (Fsp3) is 0.0556. The van der Waals surface area contributed by atoms with E-state index in [-0.39, 0.29) is 0 Å². The first kappa shape index (κ1) is 12.9. The minimum absolute atomic E-state index is 0.928. The zero-order valence-electron chi connectivity index (χ0n) is 11.3. The lowest BCUT2D eigenvalue weighted by Crippen LogP contribution is -1.79. The number of thioether (sulfide) groups is 1. The molecule has 4 aromatic rings. The summed E-state index contributed by atoms with van der Waals surface area (Å²) in [6.07, 6.45) is 0. The van der Waals surface area contributed by atoms with Gasteiger partial charge in [-0.15, -0.1) is 23.1 Å². The molecule has 3 heteroatoms. The van der Waals surface area contributed by atoms with Crippen LogP contribution in [0, 0.1) is 0 Å². The molecule has 0 saturated carbocycles. The van der Waals surface area contributed by atoms with Gasteiger partial charge < -0.3 is 0 Å². The lowest BCUT2D eigenvalue weighted by Gasteiger charge is -2.02. The van der Waals surface area contributed by atoms with Crippen molar-refractivity contribution in [3.63, 3.8) is 0 Å². The second-order valence-electron chi connectivity index (χ2n) is 4.87. The number of hydrogen-bond acceptors (Lipinski definition) is 3. The molecular weight excluding hydrogens is 294 g/mol. The fourth-order valence-corrected chi connectivity index (χ4v) is 4.29. The Bertz CT molecular complexity index is 878. The molecule has 1 nitrogen and oxygen atoms in total. The topological polar surface area (TPSA) is 12.9 Å². The molecule has 4 rings (SSSR count). The van der Waals surface area contributed by atoms with Crippen LogP contribution in [0.1, 0.15) is 5.01 Å². The van der Waals surface area contributed by atoms with Crippen LogP contribution in [0.15, 0.2) is 71.6 Å². The average molecular weight is 307 g/mol. The highest BCUT2D eigenvalue weighted by Gasteiger charge is 2.04. The third-order valence-corrected chi connectivity index (χ3v) is 5.65. The van der Waals surface area contributed by atoms with Crippen LogP contribution in [0.25, 0.3) is 21.0 Å². The molecule has 0 unspecified atom stereocenters. The van der Waals surface area contributed by atoms with Crippen LogP contribution in [0.2, 0.25) is 0 Å². The molecule has 0 aliphatic rings. The van der Waals surface area contributed by atoms with Gasteiger partial charge >= 0.3 is 0 Å². The molecule has 0 aliphatic carbocycles. The Balaban J connectivity index is 1.57. The number of fused-ring (bicyclic) bond motifs is 2. The van der Waals surface area contributed by atoms with Gasteiger partial charge in [0.25, 0.3) is 0 Å². The molecule has 3 aromatic carbocycles. The normalized spacial score (nSPS) is 11.2. The molecular formula is C18H13NS2. The van der Waals surface area contributed by atoms with Crippen molar-refractivity contribution in [2.75, 3.05) is 0 Å². The Morgan fingerprint density at radius 1 is 0.857 bits per heavy atom. The van der Waals surface area contributed by atoms with Crippen molar-refractivity contribution in [2.24, 2.45) is 0 Å². The largest absolute Gasteiger partial charge is 0.240 e. The quantitative estimate of drug-likeness (QED) is 0.447. The monoisotopic (exact) mass is 307 g/mol. The van der Waals surface area contributed by atoms with Crippen LogP contribution in [0.5, 0.6) is 0 Å². The first-order valence-electron chi connectivity index (χ1n) is 6.84. The van der Waals surface area contributed by atoms with Crippen LogP contribution < -0.4 is 0 Å². The predicted molar refractivity (Wildman–Crippen MR) is 93.1 cm³/mol. The van der Waals surface area contributed by atoms with Crippen LogP contribution >= 0.6 is 23.1 Å². The molecule has 21 heavy (non-hydrogen) atoms. The Morgan fingerprint density at radius 3 is 2.57 bits per heavy atom. The molecule has 0 amide bonds. The first-order chi connectivity index (χ1) is 10.4. The number of rotatable bonds is 3. The molecule has 0 aliphatic heterocycles. The maximum absolute atomic E-state index is 4.69. The summed E-state index contributed by atoms with van der Waals surface area (Å²) < 4.78 is 1.27. The predicted octanol–water partition coefficient (Wildman–Crippen LogP) is 5.74. The highest BCUT2D eigenvalue weighted by atomic mass is 32.2. The number of hydrogen-bond donors (Lipinski definition) is 0. The summed E-state index contributed by atoms with van der Waals surface area (Å²) in [6.45, 7) is 0. The van der Waals surface area contributed by atoms with Crippen molar-refractivity contribution in [1.82, 2.24) is 4.98 Å². The minimum atomic E-state index is 0.928. The van der Waals surface area contributed by atoms with E-state index in [1.807, 2.05) is 17.8 Å². The average Bonchev–Trinajstić information content (AvgIpc) is 2.95. The number of thiazole rings is 1. The number of para-hydroxylation sites is 1. The standard InChI is InChI=1S/C18H13NS2/c1-2-6-14-11-15(10-9-13(14)5-1)20-12-18-19-16-7-3-4-8-17(16)21-18/h1-11H,12H2. The molecule has 0 bridgehead atoms. The van der Waals surface area contributed by atoms with E-state index in [0.29, 0.717) is 0 Å². The fourth-order valence-electron chi connectivity index (χ4n) is 2.38. The summed E-state index contributed by atoms with van der Waals surface area (Å²) in [5.41, 5.74) is 1.11. The van der Waals surface area contributed by atoms with E-state index in [0.717, 1.165) is 11.3 Å². The van der Waals surface area contributed by atoms with E-state index in [9.17, 15) is 0 Å². The third-order valence-electron chi connectivity index (χ3n) is 3.42. The van der Waals surface area contributed by atoms with Crippen LogP contribution in [0.3, 0.4) is 0 Å². The second-order valence-corrected chi connectivity index (χ2v) is 7.04. The highest BCUT2D eigenvalue weighted by Crippen LogP contribution is 2.30. The summed E-state index contributed by atoms with van der Waals surface area (Å²) in [4.78, 5) is 5.99. The SMILES string of the molecule is c1ccc2cc(SCc3nc4ccccc4s3)ccc2c1. The maximum atomic E-state index is 4.69. The zero-order chi connectivity index (χ0) is 14.1. The number of aromatic nitrogens is 1. The van der Waals surface area contributed by atoms with Crippen molar-refractivity contribution in [2.45, 2.75) is 10.6 Å². The summed E-state index contributed by atoms with van der Waals surface area (Å²) in [5, 5.41) is 3.78. The Morgan fingerprint density at radius 2 is 1.67 bits per heavy atom. The summed E-state index contributed by atoms with van der Waals surface area (Å²) >= 11 is 3.64. The molecule has 0 saturated heterocycles. The smallest absolute Gasteiger partial charge is 0.104 e. The molecule has 0 radical (unpaired) electrons. The molecule has 0 N–H and O–H groups in total. The van der Waals surface area contributed by atoms with E-state index in [4.69, 9.17) is 0 Å². The lowest BCUT2D eigenvalue weighted by atomic mass is 10.1. The third kappa shape index (κ3) is 2.67. The first-order valence-corrected chi connectivity index (χ1v) is 8.65. The van der Waals surface area contributed by atoms with Gasteiger partial charge in [0.2, 0.25) is 0 Å². The molecule has 0 fully saturated rings. The van der Waals surface area contributed by atoms with E-state index < -0.39 is 0 Å². The van der Waals surface area contributed by atoms with E-state index >= 15 is 0 Å². The van der Waals surface area contributed by atoms with Gasteiger partial charge in [-0.3, -0.25) is 0 Å². The minimum Gasteiger partial charge on any atom is -0.240 e. The van der Waals surface area contributed by atoms with Crippen molar-refractivity contribution >= 4 is 44.1 Å². The van der Waals surface area contributed by atoms with E-state index in [1.165, 1.54) is 25.4 Å². The van der Waals surface area contributed by atoms with Crippen LogP contribution in [0.4, 0.5) is 0 Å². The maximum Gasteiger partial charge on any atom is 0.104 e. The number of benzene rings is 3. The van der Waals surface area contributed by atoms with Crippen molar-refractivity contribution in [1.29, 1.82) is 0 Å². The van der Waals surface area contributed by atoms with Crippen LogP contribution in [-0.4, -0.2) is 4.98 Å². The van der Waals surface area contributed by atoms with Crippen molar-refractivity contribution < 1.29 is 0 Å². The molecule has 1 heterocycles. The van der Waals surface area contributed by atoms with Crippen molar-refractivity contribution in [3.8, 4) is 0 Å². The van der Waals surface area contributed by atoms with Gasteiger partial charge in [0.15, 0.2) is 0 Å². The second kappa shape index (κ2) is 5.51. The summed E-state index contributed by atoms with van der Waals surface area (Å²) in [5.74, 6) is 0.928. The van der Waals surface area contributed by atoms with E-state index in [2.05, 4.69) is 65.6 Å². The zero-order valence-corrected chi connectivity index (χ0v) is 13.0. The van der Waals surface area contributed by atoms with Gasteiger partial charge in [-0.2, -0.15) is 0 Å². The Hall–Kier alpha value is -1.84. The Labute approximate surface area is 131 Å². The molecule has 0 atom stereocenters. The molecule has 102 valence electrons. The summed E-state index contributed by atoms with van der Waals surface area (Å²) in [6, 6.07) is 23.5. The van der Waals surface area contributed by atoms with Gasteiger partial charge in [0.05, 0.1) is 16.0 Å². The van der Waals surface area contributed by atoms with Crippen molar-refractivity contribution in [3.05, 3.63) is 71.7 Å². The van der Waals surface area contributed by atoms with Gasteiger partial charge in [-0.05, 0) is 35.0 Å². The van der Waals surface area contributed by atoms with Crippen LogP contribution in [-0.2, 0) is 5.75 Å². The molecule has 1 aromatic heterocycles. The lowest BCUT2D eigenvalue weighted by molar-refractivity contribution is 1.30. The number of nitrogens with zero attached hydrogens (tertiary/aromatic N) is 1. The van der Waals surface area contributed by atoms with Gasteiger partial charge in [0, 0.05) is 4.90 Å².